The lowest BCUT2D eigenvalue weighted by molar-refractivity contribution is -0.384. The number of halogens is 5. The van der Waals surface area contributed by atoms with Crippen LogP contribution in [0.2, 0.25) is 0 Å². The first-order valence-corrected chi connectivity index (χ1v) is 11.9. The molecule has 0 bridgehead atoms. The highest BCUT2D eigenvalue weighted by Gasteiger charge is 2.30. The molecule has 0 aliphatic carbocycles. The first-order chi connectivity index (χ1) is 19.1. The third kappa shape index (κ3) is 5.05. The molecule has 5 rings (SSSR count). The summed E-state index contributed by atoms with van der Waals surface area (Å²) < 4.78 is 74.5. The fraction of sp³-hybridized carbons (Fsp3) is 0.148. The number of furan rings is 1. The van der Waals surface area contributed by atoms with Crippen LogP contribution in [0, 0.1) is 39.2 Å². The van der Waals surface area contributed by atoms with E-state index in [9.17, 15) is 36.9 Å². The summed E-state index contributed by atoms with van der Waals surface area (Å²) in [4.78, 5) is 26.1. The van der Waals surface area contributed by atoms with E-state index in [2.05, 4.69) is 5.32 Å². The van der Waals surface area contributed by atoms with Crippen LogP contribution in [0.25, 0.3) is 11.3 Å². The van der Waals surface area contributed by atoms with Crippen LogP contribution >= 0.6 is 0 Å². The summed E-state index contributed by atoms with van der Waals surface area (Å²) in [7, 11) is 0. The van der Waals surface area contributed by atoms with Crippen LogP contribution in [0.5, 0.6) is 0 Å². The molecular formula is C27H19F5N4O4. The number of nitrogens with zero attached hydrogens (tertiary/aromatic N) is 3. The van der Waals surface area contributed by atoms with E-state index < -0.39 is 45.6 Å². The van der Waals surface area contributed by atoms with Gasteiger partial charge < -0.3 is 19.5 Å². The molecule has 1 fully saturated rings. The van der Waals surface area contributed by atoms with Crippen LogP contribution in [0.15, 0.2) is 65.1 Å². The number of rotatable bonds is 6. The van der Waals surface area contributed by atoms with Gasteiger partial charge in [-0.2, -0.15) is 0 Å². The summed E-state index contributed by atoms with van der Waals surface area (Å²) >= 11 is 0. The van der Waals surface area contributed by atoms with Crippen LogP contribution in [-0.2, 0) is 0 Å². The lowest BCUT2D eigenvalue weighted by Gasteiger charge is -2.37. The molecule has 0 spiro atoms. The van der Waals surface area contributed by atoms with Crippen LogP contribution in [0.4, 0.5) is 44.7 Å². The Balaban J connectivity index is 1.21. The fourth-order valence-corrected chi connectivity index (χ4v) is 4.40. The Bertz CT molecular complexity index is 1570. The van der Waals surface area contributed by atoms with Gasteiger partial charge in [0.1, 0.15) is 11.4 Å². The zero-order valence-corrected chi connectivity index (χ0v) is 20.5. The molecule has 0 radical (unpaired) electrons. The number of carbonyl (C=O) groups is 1. The molecule has 1 aliphatic rings. The summed E-state index contributed by atoms with van der Waals surface area (Å²) in [5.41, 5.74) is 0.556. The maximum atomic E-state index is 14.2. The average molecular weight is 558 g/mol. The minimum Gasteiger partial charge on any atom is -0.451 e. The molecular weight excluding hydrogens is 539 g/mol. The summed E-state index contributed by atoms with van der Waals surface area (Å²) in [5.74, 6) is -10.1. The maximum Gasteiger partial charge on any atom is 0.291 e. The highest BCUT2D eigenvalue weighted by molar-refractivity contribution is 6.02. The van der Waals surface area contributed by atoms with Crippen molar-refractivity contribution in [3.05, 3.63) is 106 Å². The number of benzene rings is 3. The molecule has 206 valence electrons. The molecule has 4 aromatic rings. The van der Waals surface area contributed by atoms with Crippen molar-refractivity contribution < 1.29 is 36.1 Å². The van der Waals surface area contributed by atoms with Gasteiger partial charge in [0.25, 0.3) is 11.6 Å². The Labute approximate surface area is 223 Å². The second-order valence-electron chi connectivity index (χ2n) is 8.86. The van der Waals surface area contributed by atoms with E-state index in [1.54, 1.807) is 30.3 Å². The second-order valence-corrected chi connectivity index (χ2v) is 8.86. The number of nitro benzene ring substituents is 1. The van der Waals surface area contributed by atoms with Gasteiger partial charge in [0.2, 0.25) is 5.82 Å². The monoisotopic (exact) mass is 558 g/mol. The summed E-state index contributed by atoms with van der Waals surface area (Å²) in [6.45, 7) is 0.528. The first-order valence-electron chi connectivity index (χ1n) is 11.9. The van der Waals surface area contributed by atoms with Crippen LogP contribution < -0.4 is 15.1 Å². The smallest absolute Gasteiger partial charge is 0.291 e. The third-order valence-corrected chi connectivity index (χ3v) is 6.44. The van der Waals surface area contributed by atoms with Crippen molar-refractivity contribution in [2.24, 2.45) is 0 Å². The van der Waals surface area contributed by atoms with Gasteiger partial charge in [-0.3, -0.25) is 14.9 Å². The molecule has 1 amide bonds. The van der Waals surface area contributed by atoms with Gasteiger partial charge in [0, 0.05) is 55.2 Å². The molecule has 40 heavy (non-hydrogen) atoms. The number of hydrogen-bond donors (Lipinski definition) is 1. The predicted octanol–water partition coefficient (Wildman–Crippen LogP) is 6.13. The maximum absolute atomic E-state index is 14.2. The van der Waals surface area contributed by atoms with Gasteiger partial charge in [-0.1, -0.05) is 12.1 Å². The van der Waals surface area contributed by atoms with Crippen LogP contribution in [0.3, 0.4) is 0 Å². The van der Waals surface area contributed by atoms with E-state index in [1.165, 1.54) is 30.3 Å². The number of amides is 1. The Kier molecular flexibility index (Phi) is 7.11. The van der Waals surface area contributed by atoms with E-state index in [4.69, 9.17) is 4.42 Å². The molecule has 0 unspecified atom stereocenters. The average Bonchev–Trinajstić information content (AvgIpc) is 3.47. The molecule has 1 N–H and O–H groups in total. The van der Waals surface area contributed by atoms with Gasteiger partial charge in [-0.05, 0) is 36.4 Å². The van der Waals surface area contributed by atoms with Gasteiger partial charge in [-0.25, -0.2) is 22.0 Å². The fourth-order valence-electron chi connectivity index (χ4n) is 4.40. The number of non-ortho nitro benzene ring substituents is 1. The van der Waals surface area contributed by atoms with Gasteiger partial charge in [-0.15, -0.1) is 0 Å². The minimum atomic E-state index is -2.19. The Morgan fingerprint density at radius 1 is 0.800 bits per heavy atom. The van der Waals surface area contributed by atoms with E-state index in [-0.39, 0.29) is 43.4 Å². The number of piperazine rings is 1. The molecule has 8 nitrogen and oxygen atoms in total. The van der Waals surface area contributed by atoms with Crippen LogP contribution in [0.1, 0.15) is 10.6 Å². The van der Waals surface area contributed by atoms with E-state index in [0.29, 0.717) is 11.3 Å². The van der Waals surface area contributed by atoms with Crippen molar-refractivity contribution in [1.29, 1.82) is 0 Å². The first kappa shape index (κ1) is 26.7. The van der Waals surface area contributed by atoms with Crippen molar-refractivity contribution in [3.8, 4) is 11.3 Å². The number of hydrogen-bond acceptors (Lipinski definition) is 6. The molecule has 13 heteroatoms. The van der Waals surface area contributed by atoms with Crippen molar-refractivity contribution >= 4 is 28.7 Å². The van der Waals surface area contributed by atoms with Crippen LogP contribution in [-0.4, -0.2) is 37.0 Å². The SMILES string of the molecule is O=C(Nc1ccc(N2CCN(c3c(F)c(F)c(F)c(F)c3F)CC2)cc1)c1ccc(-c2cccc([N+](=O)[O-])c2)o1. The summed E-state index contributed by atoms with van der Waals surface area (Å²) in [6, 6.07) is 15.5. The highest BCUT2D eigenvalue weighted by atomic mass is 19.2. The second kappa shape index (κ2) is 10.7. The van der Waals surface area contributed by atoms with E-state index in [0.717, 1.165) is 10.6 Å². The number of carbonyl (C=O) groups excluding carboxylic acids is 1. The predicted molar refractivity (Wildman–Crippen MR) is 136 cm³/mol. The molecule has 2 heterocycles. The number of nitrogens with one attached hydrogen (secondary N) is 1. The Morgan fingerprint density at radius 3 is 2.02 bits per heavy atom. The quantitative estimate of drug-likeness (QED) is 0.101. The van der Waals surface area contributed by atoms with E-state index in [1.807, 2.05) is 4.90 Å². The Hall–Kier alpha value is -4.94. The van der Waals surface area contributed by atoms with Crippen molar-refractivity contribution in [2.75, 3.05) is 41.3 Å². The normalized spacial score (nSPS) is 13.4. The number of nitro groups is 1. The molecule has 1 aromatic heterocycles. The van der Waals surface area contributed by atoms with Gasteiger partial charge >= 0.3 is 0 Å². The van der Waals surface area contributed by atoms with E-state index >= 15 is 0 Å². The standard InChI is InChI=1S/C27H19F5N4O4/c28-21-22(29)24(31)26(25(32)23(21)30)35-12-10-34(11-13-35)17-6-4-16(5-7-17)33-27(37)20-9-8-19(40-20)15-2-1-3-18(14-15)36(38)39/h1-9,14H,10-13H2,(H,33,37). The zero-order chi connectivity index (χ0) is 28.6. The van der Waals surface area contributed by atoms with Crippen molar-refractivity contribution in [1.82, 2.24) is 0 Å². The molecule has 0 atom stereocenters. The molecule has 1 aliphatic heterocycles. The minimum absolute atomic E-state index is 0.00478. The van der Waals surface area contributed by atoms with Gasteiger partial charge in [0.05, 0.1) is 4.92 Å². The molecule has 0 saturated carbocycles. The van der Waals surface area contributed by atoms with Crippen molar-refractivity contribution in [2.45, 2.75) is 0 Å². The highest BCUT2D eigenvalue weighted by Crippen LogP contribution is 2.32. The molecule has 1 saturated heterocycles. The zero-order valence-electron chi connectivity index (χ0n) is 20.5. The summed E-state index contributed by atoms with van der Waals surface area (Å²) in [5, 5.41) is 13.7. The van der Waals surface area contributed by atoms with Crippen molar-refractivity contribution in [3.63, 3.8) is 0 Å². The lowest BCUT2D eigenvalue weighted by atomic mass is 10.1. The lowest BCUT2D eigenvalue weighted by Crippen LogP contribution is -2.47. The number of anilines is 3. The topological polar surface area (TPSA) is 91.9 Å². The largest absolute Gasteiger partial charge is 0.451 e. The summed E-state index contributed by atoms with van der Waals surface area (Å²) in [6.07, 6.45) is 0. The molecule has 3 aromatic carbocycles. The Morgan fingerprint density at radius 2 is 1.40 bits per heavy atom. The third-order valence-electron chi connectivity index (χ3n) is 6.44. The van der Waals surface area contributed by atoms with Gasteiger partial charge in [0.15, 0.2) is 29.0 Å².